The van der Waals surface area contributed by atoms with Gasteiger partial charge in [-0.3, -0.25) is 0 Å². The third kappa shape index (κ3) is 1.84. The van der Waals surface area contributed by atoms with Crippen molar-refractivity contribution in [2.45, 2.75) is 44.6 Å². The maximum absolute atomic E-state index is 6.13. The SMILES string of the molecule is CCc1ccc2nc(C3CCCC3N)[nH]c2c1. The van der Waals surface area contributed by atoms with Gasteiger partial charge in [0.05, 0.1) is 11.0 Å². The van der Waals surface area contributed by atoms with Crippen molar-refractivity contribution in [1.29, 1.82) is 0 Å². The van der Waals surface area contributed by atoms with Gasteiger partial charge in [0, 0.05) is 12.0 Å². The zero-order valence-electron chi connectivity index (χ0n) is 10.2. The molecular weight excluding hydrogens is 210 g/mol. The zero-order valence-corrected chi connectivity index (χ0v) is 10.2. The van der Waals surface area contributed by atoms with Crippen LogP contribution in [0.25, 0.3) is 11.0 Å². The minimum atomic E-state index is 0.279. The van der Waals surface area contributed by atoms with E-state index in [0.717, 1.165) is 29.7 Å². The molecule has 1 aromatic heterocycles. The van der Waals surface area contributed by atoms with Gasteiger partial charge in [-0.25, -0.2) is 4.98 Å². The van der Waals surface area contributed by atoms with Crippen LogP contribution in [-0.2, 0) is 6.42 Å². The highest BCUT2D eigenvalue weighted by molar-refractivity contribution is 5.76. The summed E-state index contributed by atoms with van der Waals surface area (Å²) in [5, 5.41) is 0. The van der Waals surface area contributed by atoms with Crippen molar-refractivity contribution in [2.24, 2.45) is 5.73 Å². The molecule has 3 N–H and O–H groups in total. The number of hydrogen-bond acceptors (Lipinski definition) is 2. The number of rotatable bonds is 2. The smallest absolute Gasteiger partial charge is 0.111 e. The first kappa shape index (κ1) is 10.8. The Morgan fingerprint density at radius 2 is 2.29 bits per heavy atom. The molecule has 1 aromatic carbocycles. The van der Waals surface area contributed by atoms with E-state index >= 15 is 0 Å². The van der Waals surface area contributed by atoms with Gasteiger partial charge in [0.25, 0.3) is 0 Å². The number of nitrogens with one attached hydrogen (secondary N) is 1. The molecule has 2 atom stereocenters. The van der Waals surface area contributed by atoms with Gasteiger partial charge in [0.2, 0.25) is 0 Å². The van der Waals surface area contributed by atoms with E-state index in [4.69, 9.17) is 5.73 Å². The molecule has 3 heteroatoms. The number of aryl methyl sites for hydroxylation is 1. The maximum Gasteiger partial charge on any atom is 0.111 e. The molecule has 0 aliphatic heterocycles. The maximum atomic E-state index is 6.13. The fourth-order valence-corrected chi connectivity index (χ4v) is 2.80. The number of hydrogen-bond donors (Lipinski definition) is 2. The Kier molecular flexibility index (Phi) is 2.63. The summed E-state index contributed by atoms with van der Waals surface area (Å²) in [6.07, 6.45) is 4.58. The molecule has 3 rings (SSSR count). The van der Waals surface area contributed by atoms with Gasteiger partial charge >= 0.3 is 0 Å². The van der Waals surface area contributed by atoms with E-state index in [1.54, 1.807) is 0 Å². The van der Waals surface area contributed by atoms with Crippen molar-refractivity contribution >= 4 is 11.0 Å². The average molecular weight is 229 g/mol. The Labute approximate surface area is 101 Å². The lowest BCUT2D eigenvalue weighted by atomic mass is 10.0. The van der Waals surface area contributed by atoms with Crippen LogP contribution in [-0.4, -0.2) is 16.0 Å². The Bertz CT molecular complexity index is 529. The summed E-state index contributed by atoms with van der Waals surface area (Å²) in [5.41, 5.74) is 9.70. The Hall–Kier alpha value is -1.35. The van der Waals surface area contributed by atoms with Crippen LogP contribution >= 0.6 is 0 Å². The minimum absolute atomic E-state index is 0.279. The van der Waals surface area contributed by atoms with Crippen LogP contribution in [0.15, 0.2) is 18.2 Å². The van der Waals surface area contributed by atoms with E-state index in [1.807, 2.05) is 0 Å². The third-order valence-corrected chi connectivity index (χ3v) is 3.89. The minimum Gasteiger partial charge on any atom is -0.342 e. The predicted octanol–water partition coefficient (Wildman–Crippen LogP) is 2.72. The van der Waals surface area contributed by atoms with Crippen LogP contribution in [0.4, 0.5) is 0 Å². The van der Waals surface area contributed by atoms with Gasteiger partial charge in [-0.15, -0.1) is 0 Å². The number of nitrogens with zero attached hydrogens (tertiary/aromatic N) is 1. The lowest BCUT2D eigenvalue weighted by Gasteiger charge is -2.11. The average Bonchev–Trinajstić information content (AvgIpc) is 2.93. The summed E-state index contributed by atoms with van der Waals surface area (Å²) < 4.78 is 0. The number of aromatic amines is 1. The molecule has 2 aromatic rings. The van der Waals surface area contributed by atoms with Gasteiger partial charge in [0.1, 0.15) is 5.82 Å². The second kappa shape index (κ2) is 4.15. The Balaban J connectivity index is 2.01. The fraction of sp³-hybridized carbons (Fsp3) is 0.500. The number of nitrogens with two attached hydrogens (primary N) is 1. The molecule has 2 unspecified atom stereocenters. The molecule has 3 nitrogen and oxygen atoms in total. The van der Waals surface area contributed by atoms with Crippen molar-refractivity contribution in [3.63, 3.8) is 0 Å². The van der Waals surface area contributed by atoms with Crippen molar-refractivity contribution in [1.82, 2.24) is 9.97 Å². The molecular formula is C14H19N3. The normalized spacial score (nSPS) is 24.6. The molecule has 1 saturated carbocycles. The van der Waals surface area contributed by atoms with E-state index in [1.165, 1.54) is 18.4 Å². The number of aromatic nitrogens is 2. The second-order valence-electron chi connectivity index (χ2n) is 5.03. The van der Waals surface area contributed by atoms with Crippen LogP contribution in [0.1, 0.15) is 43.5 Å². The largest absolute Gasteiger partial charge is 0.342 e. The standard InChI is InChI=1S/C14H19N3/c1-2-9-6-7-12-13(8-9)17-14(16-12)10-4-3-5-11(10)15/h6-8,10-11H,2-5,15H2,1H3,(H,16,17). The first-order valence-electron chi connectivity index (χ1n) is 6.52. The molecule has 90 valence electrons. The molecule has 1 aliphatic rings. The highest BCUT2D eigenvalue weighted by Crippen LogP contribution is 2.32. The van der Waals surface area contributed by atoms with Gasteiger partial charge in [-0.1, -0.05) is 19.4 Å². The summed E-state index contributed by atoms with van der Waals surface area (Å²) >= 11 is 0. The number of fused-ring (bicyclic) bond motifs is 1. The van der Waals surface area contributed by atoms with Crippen LogP contribution in [0.5, 0.6) is 0 Å². The predicted molar refractivity (Wildman–Crippen MR) is 70.0 cm³/mol. The van der Waals surface area contributed by atoms with Crippen molar-refractivity contribution in [2.75, 3.05) is 0 Å². The quantitative estimate of drug-likeness (QED) is 0.832. The van der Waals surface area contributed by atoms with E-state index in [2.05, 4.69) is 35.1 Å². The van der Waals surface area contributed by atoms with E-state index in [-0.39, 0.29) is 6.04 Å². The molecule has 17 heavy (non-hydrogen) atoms. The zero-order chi connectivity index (χ0) is 11.8. The molecule has 1 fully saturated rings. The highest BCUT2D eigenvalue weighted by Gasteiger charge is 2.27. The molecule has 0 saturated heterocycles. The molecule has 1 heterocycles. The molecule has 0 amide bonds. The first-order chi connectivity index (χ1) is 8.28. The van der Waals surface area contributed by atoms with Crippen molar-refractivity contribution < 1.29 is 0 Å². The topological polar surface area (TPSA) is 54.7 Å². The summed E-state index contributed by atoms with van der Waals surface area (Å²) in [6, 6.07) is 6.74. The fourth-order valence-electron chi connectivity index (χ4n) is 2.80. The summed E-state index contributed by atoms with van der Waals surface area (Å²) in [4.78, 5) is 8.14. The molecule has 0 radical (unpaired) electrons. The van der Waals surface area contributed by atoms with Gasteiger partial charge in [0.15, 0.2) is 0 Å². The van der Waals surface area contributed by atoms with Gasteiger partial charge in [-0.2, -0.15) is 0 Å². The number of imidazole rings is 1. The Morgan fingerprint density at radius 1 is 1.41 bits per heavy atom. The monoisotopic (exact) mass is 229 g/mol. The van der Waals surface area contributed by atoms with Gasteiger partial charge in [-0.05, 0) is 37.0 Å². The number of H-pyrrole nitrogens is 1. The van der Waals surface area contributed by atoms with E-state index in [0.29, 0.717) is 5.92 Å². The number of benzene rings is 1. The van der Waals surface area contributed by atoms with Crippen LogP contribution in [0, 0.1) is 0 Å². The molecule has 0 spiro atoms. The molecule has 1 aliphatic carbocycles. The Morgan fingerprint density at radius 3 is 3.00 bits per heavy atom. The van der Waals surface area contributed by atoms with Crippen LogP contribution in [0.2, 0.25) is 0 Å². The van der Waals surface area contributed by atoms with Crippen LogP contribution < -0.4 is 5.73 Å². The van der Waals surface area contributed by atoms with E-state index < -0.39 is 0 Å². The first-order valence-corrected chi connectivity index (χ1v) is 6.52. The van der Waals surface area contributed by atoms with E-state index in [9.17, 15) is 0 Å². The van der Waals surface area contributed by atoms with Crippen LogP contribution in [0.3, 0.4) is 0 Å². The van der Waals surface area contributed by atoms with Crippen molar-refractivity contribution in [3.05, 3.63) is 29.6 Å². The van der Waals surface area contributed by atoms with Gasteiger partial charge < -0.3 is 10.7 Å². The summed E-state index contributed by atoms with van der Waals surface area (Å²) in [7, 11) is 0. The summed E-state index contributed by atoms with van der Waals surface area (Å²) in [6.45, 7) is 2.17. The second-order valence-corrected chi connectivity index (χ2v) is 5.03. The highest BCUT2D eigenvalue weighted by atomic mass is 14.9. The summed E-state index contributed by atoms with van der Waals surface area (Å²) in [5.74, 6) is 1.51. The lowest BCUT2D eigenvalue weighted by molar-refractivity contribution is 0.588. The lowest BCUT2D eigenvalue weighted by Crippen LogP contribution is -2.23. The van der Waals surface area contributed by atoms with Crippen molar-refractivity contribution in [3.8, 4) is 0 Å². The molecule has 0 bridgehead atoms. The third-order valence-electron chi connectivity index (χ3n) is 3.89.